The normalized spacial score (nSPS) is 22.3. The lowest BCUT2D eigenvalue weighted by molar-refractivity contribution is -0.140. The van der Waals surface area contributed by atoms with E-state index >= 15 is 0 Å². The van der Waals surface area contributed by atoms with Crippen molar-refractivity contribution in [2.24, 2.45) is 0 Å². The molecule has 0 bridgehead atoms. The first-order valence-corrected chi connectivity index (χ1v) is 10.9. The van der Waals surface area contributed by atoms with E-state index in [1.165, 1.54) is 4.90 Å². The van der Waals surface area contributed by atoms with Crippen LogP contribution in [0, 0.1) is 0 Å². The molecule has 2 aromatic carbocycles. The van der Waals surface area contributed by atoms with Gasteiger partial charge in [0.05, 0.1) is 17.7 Å². The van der Waals surface area contributed by atoms with Gasteiger partial charge in [0, 0.05) is 23.7 Å². The van der Waals surface area contributed by atoms with Gasteiger partial charge < -0.3 is 19.5 Å². The fourth-order valence-corrected chi connectivity index (χ4v) is 4.21. The average Bonchev–Trinajstić information content (AvgIpc) is 3.41. The average molecular weight is 454 g/mol. The van der Waals surface area contributed by atoms with Crippen molar-refractivity contribution in [3.8, 4) is 5.75 Å². The van der Waals surface area contributed by atoms with E-state index in [4.69, 9.17) is 21.1 Å². The number of Topliss-reactive ketones (excluding diaryl/α,β-unsaturated/α-hetero) is 1. The smallest absolute Gasteiger partial charge is 0.295 e. The summed E-state index contributed by atoms with van der Waals surface area (Å²) >= 11 is 6.05. The van der Waals surface area contributed by atoms with Crippen LogP contribution in [0.15, 0.2) is 66.8 Å². The fourth-order valence-electron chi connectivity index (χ4n) is 4.09. The zero-order valence-electron chi connectivity index (χ0n) is 17.5. The molecule has 0 unspecified atom stereocenters. The molecule has 2 aliphatic heterocycles. The highest BCUT2D eigenvalue weighted by Gasteiger charge is 2.47. The molecule has 32 heavy (non-hydrogen) atoms. The Hall–Kier alpha value is -3.09. The molecule has 2 fully saturated rings. The number of hydrogen-bond donors (Lipinski definition) is 1. The summed E-state index contributed by atoms with van der Waals surface area (Å²) in [6, 6.07) is 12.9. The van der Waals surface area contributed by atoms with Crippen molar-refractivity contribution in [1.29, 1.82) is 0 Å². The van der Waals surface area contributed by atoms with Crippen molar-refractivity contribution in [3.05, 3.63) is 82.9 Å². The Morgan fingerprint density at radius 1 is 1.19 bits per heavy atom. The molecule has 2 heterocycles. The Morgan fingerprint density at radius 2 is 1.91 bits per heavy atom. The van der Waals surface area contributed by atoms with Gasteiger partial charge in [-0.1, -0.05) is 36.4 Å². The predicted molar refractivity (Wildman–Crippen MR) is 122 cm³/mol. The maximum atomic E-state index is 13.1. The number of carbonyl (C=O) groups excluding carboxylic acids is 2. The largest absolute Gasteiger partial charge is 0.507 e. The lowest BCUT2D eigenvalue weighted by Crippen LogP contribution is -2.36. The molecular weight excluding hydrogens is 430 g/mol. The van der Waals surface area contributed by atoms with E-state index in [1.54, 1.807) is 54.6 Å². The number of rotatable bonds is 7. The van der Waals surface area contributed by atoms with Gasteiger partial charge in [0.25, 0.3) is 11.7 Å². The molecule has 2 atom stereocenters. The molecule has 2 aromatic rings. The van der Waals surface area contributed by atoms with E-state index in [1.807, 2.05) is 0 Å². The van der Waals surface area contributed by atoms with E-state index in [0.29, 0.717) is 35.1 Å². The Labute approximate surface area is 191 Å². The Kier molecular flexibility index (Phi) is 6.63. The first kappa shape index (κ1) is 22.1. The summed E-state index contributed by atoms with van der Waals surface area (Å²) in [7, 11) is 0. The number of ketones is 1. The van der Waals surface area contributed by atoms with Gasteiger partial charge in [0.1, 0.15) is 18.1 Å². The molecule has 7 heteroatoms. The van der Waals surface area contributed by atoms with Gasteiger partial charge in [-0.15, -0.1) is 0 Å². The SMILES string of the molecule is C=CCOc1ccc(C(O)=C2C(=O)C(=O)N(C[C@@H]3CCCO3)[C@H]2c2ccc(Cl)cc2)cc1. The number of likely N-dealkylation sites (tertiary alicyclic amines) is 1. The molecule has 4 rings (SSSR count). The van der Waals surface area contributed by atoms with Crippen molar-refractivity contribution >= 4 is 29.1 Å². The topological polar surface area (TPSA) is 76.1 Å². The summed E-state index contributed by atoms with van der Waals surface area (Å²) in [5.41, 5.74) is 1.17. The van der Waals surface area contributed by atoms with Crippen LogP contribution in [0.4, 0.5) is 0 Å². The summed E-state index contributed by atoms with van der Waals surface area (Å²) in [5.74, 6) is -0.983. The lowest BCUT2D eigenvalue weighted by Gasteiger charge is -2.27. The molecule has 0 radical (unpaired) electrons. The number of ether oxygens (including phenoxy) is 2. The molecule has 1 amide bonds. The maximum Gasteiger partial charge on any atom is 0.295 e. The predicted octanol–water partition coefficient (Wildman–Crippen LogP) is 4.51. The highest BCUT2D eigenvalue weighted by Crippen LogP contribution is 2.40. The molecule has 0 aliphatic carbocycles. The lowest BCUT2D eigenvalue weighted by atomic mass is 9.95. The third-order valence-corrected chi connectivity index (χ3v) is 5.90. The summed E-state index contributed by atoms with van der Waals surface area (Å²) < 4.78 is 11.2. The number of hydrogen-bond acceptors (Lipinski definition) is 5. The number of amides is 1. The second kappa shape index (κ2) is 9.59. The van der Waals surface area contributed by atoms with E-state index in [9.17, 15) is 14.7 Å². The third-order valence-electron chi connectivity index (χ3n) is 5.65. The number of benzene rings is 2. The molecule has 0 spiro atoms. The summed E-state index contributed by atoms with van der Waals surface area (Å²) in [6.07, 6.45) is 3.24. The second-order valence-corrected chi connectivity index (χ2v) is 8.20. The summed E-state index contributed by atoms with van der Waals surface area (Å²) in [6.45, 7) is 4.89. The van der Waals surface area contributed by atoms with Crippen LogP contribution in [0.25, 0.3) is 5.76 Å². The number of aliphatic hydroxyl groups excluding tert-OH is 1. The zero-order chi connectivity index (χ0) is 22.7. The quantitative estimate of drug-likeness (QED) is 0.289. The molecule has 2 saturated heterocycles. The molecule has 0 aromatic heterocycles. The minimum atomic E-state index is -0.729. The van der Waals surface area contributed by atoms with Crippen LogP contribution in [0.1, 0.15) is 30.0 Å². The van der Waals surface area contributed by atoms with Gasteiger partial charge in [0.15, 0.2) is 0 Å². The monoisotopic (exact) mass is 453 g/mol. The van der Waals surface area contributed by atoms with E-state index in [-0.39, 0.29) is 24.0 Å². The van der Waals surface area contributed by atoms with Crippen LogP contribution in [-0.4, -0.2) is 47.6 Å². The van der Waals surface area contributed by atoms with Crippen LogP contribution >= 0.6 is 11.6 Å². The Morgan fingerprint density at radius 3 is 2.53 bits per heavy atom. The van der Waals surface area contributed by atoms with Gasteiger partial charge in [-0.25, -0.2) is 0 Å². The van der Waals surface area contributed by atoms with Crippen molar-refractivity contribution in [2.75, 3.05) is 19.8 Å². The molecule has 2 aliphatic rings. The minimum absolute atomic E-state index is 0.0510. The van der Waals surface area contributed by atoms with Crippen LogP contribution in [0.5, 0.6) is 5.75 Å². The van der Waals surface area contributed by atoms with Gasteiger partial charge >= 0.3 is 0 Å². The van der Waals surface area contributed by atoms with Crippen LogP contribution in [0.3, 0.4) is 0 Å². The Bertz CT molecular complexity index is 1040. The number of nitrogens with zero attached hydrogens (tertiary/aromatic N) is 1. The van der Waals surface area contributed by atoms with Crippen molar-refractivity contribution in [1.82, 2.24) is 4.90 Å². The molecule has 0 saturated carbocycles. The second-order valence-electron chi connectivity index (χ2n) is 7.76. The van der Waals surface area contributed by atoms with E-state index < -0.39 is 17.7 Å². The van der Waals surface area contributed by atoms with Gasteiger partial charge in [-0.05, 0) is 54.8 Å². The Balaban J connectivity index is 1.74. The molecule has 6 nitrogen and oxygen atoms in total. The molecule has 166 valence electrons. The van der Waals surface area contributed by atoms with Crippen LogP contribution < -0.4 is 4.74 Å². The van der Waals surface area contributed by atoms with Crippen molar-refractivity contribution < 1.29 is 24.2 Å². The highest BCUT2D eigenvalue weighted by atomic mass is 35.5. The third kappa shape index (κ3) is 4.42. The minimum Gasteiger partial charge on any atom is -0.507 e. The summed E-state index contributed by atoms with van der Waals surface area (Å²) in [4.78, 5) is 27.5. The van der Waals surface area contributed by atoms with E-state index in [2.05, 4.69) is 6.58 Å². The van der Waals surface area contributed by atoms with Gasteiger partial charge in [-0.2, -0.15) is 0 Å². The van der Waals surface area contributed by atoms with Crippen molar-refractivity contribution in [2.45, 2.75) is 25.0 Å². The number of carbonyl (C=O) groups is 2. The zero-order valence-corrected chi connectivity index (χ0v) is 18.3. The fraction of sp³-hybridized carbons (Fsp3) is 0.280. The molecule has 1 N–H and O–H groups in total. The van der Waals surface area contributed by atoms with E-state index in [0.717, 1.165) is 12.8 Å². The van der Waals surface area contributed by atoms with Crippen LogP contribution in [0.2, 0.25) is 5.02 Å². The maximum absolute atomic E-state index is 13.1. The number of halogens is 1. The van der Waals surface area contributed by atoms with Gasteiger partial charge in [0.2, 0.25) is 0 Å². The molecular formula is C25H24ClNO5. The number of aliphatic hydroxyl groups is 1. The van der Waals surface area contributed by atoms with Crippen molar-refractivity contribution in [3.63, 3.8) is 0 Å². The van der Waals surface area contributed by atoms with Crippen LogP contribution in [-0.2, 0) is 14.3 Å². The highest BCUT2D eigenvalue weighted by molar-refractivity contribution is 6.46. The van der Waals surface area contributed by atoms with Gasteiger partial charge in [-0.3, -0.25) is 9.59 Å². The first-order chi connectivity index (χ1) is 15.5. The summed E-state index contributed by atoms with van der Waals surface area (Å²) in [5, 5.41) is 11.6. The first-order valence-electron chi connectivity index (χ1n) is 10.5. The standard InChI is InChI=1S/C25H24ClNO5/c1-2-13-31-19-11-7-17(8-12-19)23(28)21-22(16-5-9-18(26)10-6-16)27(25(30)24(21)29)15-20-4-3-14-32-20/h2,5-12,20,22,28H,1,3-4,13-15H2/t20-,22-/m0/s1.